The highest BCUT2D eigenvalue weighted by molar-refractivity contribution is 5.96. The lowest BCUT2D eigenvalue weighted by molar-refractivity contribution is -0.142. The van der Waals surface area contributed by atoms with E-state index >= 15 is 0 Å². The third kappa shape index (κ3) is 13.3. The maximum absolute atomic E-state index is 14.4. The highest BCUT2D eigenvalue weighted by Gasteiger charge is 2.34. The third-order valence-corrected chi connectivity index (χ3v) is 13.0. The van der Waals surface area contributed by atoms with Crippen molar-refractivity contribution < 1.29 is 33.4 Å². The van der Waals surface area contributed by atoms with Gasteiger partial charge in [0.1, 0.15) is 12.1 Å². The normalized spacial score (nSPS) is 14.6. The molecule has 4 aromatic rings. The first kappa shape index (κ1) is 52.9. The van der Waals surface area contributed by atoms with Crippen molar-refractivity contribution in [3.05, 3.63) is 77.6 Å². The number of nitrogens with one attached hydrogen (secondary N) is 2. The largest absolute Gasteiger partial charge is 0.467 e. The van der Waals surface area contributed by atoms with E-state index in [1.54, 1.807) is 42.1 Å². The average molecular weight is 932 g/mol. The van der Waals surface area contributed by atoms with Gasteiger partial charge >= 0.3 is 0 Å². The summed E-state index contributed by atoms with van der Waals surface area (Å²) >= 11 is 0. The van der Waals surface area contributed by atoms with E-state index in [9.17, 15) is 24.0 Å². The number of hydrazine groups is 1. The Labute approximate surface area is 403 Å². The van der Waals surface area contributed by atoms with Gasteiger partial charge in [-0.1, -0.05) is 70.9 Å². The van der Waals surface area contributed by atoms with Crippen LogP contribution in [0.4, 0.5) is 0 Å². The molecule has 0 bridgehead atoms. The van der Waals surface area contributed by atoms with Crippen LogP contribution in [-0.4, -0.2) is 114 Å². The summed E-state index contributed by atoms with van der Waals surface area (Å²) in [5.41, 5.74) is 10.7. The van der Waals surface area contributed by atoms with Crippen molar-refractivity contribution >= 4 is 41.5 Å². The number of fused-ring (bicyclic) bond motifs is 1. The van der Waals surface area contributed by atoms with Crippen molar-refractivity contribution in [2.24, 2.45) is 17.3 Å². The molecule has 0 saturated carbocycles. The number of aryl methyl sites for hydroxylation is 1. The van der Waals surface area contributed by atoms with Crippen molar-refractivity contribution in [1.29, 1.82) is 0 Å². The summed E-state index contributed by atoms with van der Waals surface area (Å²) in [4.78, 5) is 72.9. The second-order valence-corrected chi connectivity index (χ2v) is 19.3. The van der Waals surface area contributed by atoms with Crippen LogP contribution >= 0.6 is 0 Å². The summed E-state index contributed by atoms with van der Waals surface area (Å²) in [6.07, 6.45) is 6.24. The summed E-state index contributed by atoms with van der Waals surface area (Å²) in [6.45, 7) is 19.3. The molecule has 366 valence electrons. The number of methoxy groups -OCH3 is 1. The van der Waals surface area contributed by atoms with E-state index in [-0.39, 0.29) is 48.7 Å². The standard InChI is InChI=1S/C54H73N7O7/c1-11-17-48(64)58(9)28-23-38(5)24-29-59(35-62)50(37(3)4)52(65)57-46(53(66)61-27-14-13-26-56-61)31-40-18-15-19-41(30-40)42-21-22-47-44(32-42)45(33-54(7,8)34-68-36-63)51(60(47)12-2)43-20-16-25-55-49(43)39(6)67-10/h15-16,18-22,25,30,32,35-39,46,50,56H,12-14,23-24,26-29,31,33-34H2,1-10H3,(H,57,65). The molecule has 14 heteroatoms. The third-order valence-electron chi connectivity index (χ3n) is 13.0. The summed E-state index contributed by atoms with van der Waals surface area (Å²) < 4.78 is 13.5. The van der Waals surface area contributed by atoms with Crippen molar-refractivity contribution in [3.8, 4) is 34.2 Å². The van der Waals surface area contributed by atoms with E-state index in [4.69, 9.17) is 14.5 Å². The lowest BCUT2D eigenvalue weighted by Crippen LogP contribution is -2.59. The molecule has 1 saturated heterocycles. The molecule has 0 aliphatic carbocycles. The predicted octanol–water partition coefficient (Wildman–Crippen LogP) is 7.37. The molecule has 68 heavy (non-hydrogen) atoms. The van der Waals surface area contributed by atoms with Gasteiger partial charge in [-0.15, -0.1) is 0 Å². The monoisotopic (exact) mass is 932 g/mol. The van der Waals surface area contributed by atoms with Gasteiger partial charge in [-0.3, -0.25) is 34.0 Å². The molecule has 5 rings (SSSR count). The van der Waals surface area contributed by atoms with Crippen molar-refractivity contribution in [1.82, 2.24) is 35.1 Å². The number of rotatable bonds is 24. The number of nitrogens with zero attached hydrogens (tertiary/aromatic N) is 5. The molecule has 4 unspecified atom stereocenters. The minimum Gasteiger partial charge on any atom is -0.467 e. The highest BCUT2D eigenvalue weighted by Crippen LogP contribution is 2.42. The van der Waals surface area contributed by atoms with E-state index < -0.39 is 17.5 Å². The Morgan fingerprint density at radius 3 is 2.41 bits per heavy atom. The van der Waals surface area contributed by atoms with E-state index in [0.29, 0.717) is 52.0 Å². The first-order chi connectivity index (χ1) is 32.6. The molecular weight excluding hydrogens is 859 g/mol. The topological polar surface area (TPSA) is 155 Å². The van der Waals surface area contributed by atoms with E-state index in [1.807, 2.05) is 39.0 Å². The molecule has 14 nitrogen and oxygen atoms in total. The molecule has 1 fully saturated rings. The molecule has 2 N–H and O–H groups in total. The van der Waals surface area contributed by atoms with Gasteiger partial charge in [0, 0.05) is 81.4 Å². The number of benzene rings is 2. The first-order valence-electron chi connectivity index (χ1n) is 24.1. The van der Waals surface area contributed by atoms with Crippen LogP contribution in [0.5, 0.6) is 0 Å². The van der Waals surface area contributed by atoms with Crippen LogP contribution in [0.3, 0.4) is 0 Å². The molecule has 0 radical (unpaired) electrons. The number of hydrogen-bond acceptors (Lipinski definition) is 9. The molecule has 0 spiro atoms. The Morgan fingerprint density at radius 2 is 1.75 bits per heavy atom. The van der Waals surface area contributed by atoms with Gasteiger partial charge in [0.15, 0.2) is 0 Å². The molecule has 2 aromatic carbocycles. The number of ether oxygens (including phenoxy) is 2. The van der Waals surface area contributed by atoms with Gasteiger partial charge in [0.05, 0.1) is 24.1 Å². The predicted molar refractivity (Wildman–Crippen MR) is 267 cm³/mol. The van der Waals surface area contributed by atoms with Gasteiger partial charge in [-0.05, 0) is 117 Å². The lowest BCUT2D eigenvalue weighted by atomic mass is 9.84. The van der Waals surface area contributed by atoms with Gasteiger partial charge in [0.2, 0.25) is 12.3 Å². The summed E-state index contributed by atoms with van der Waals surface area (Å²) in [7, 11) is 3.41. The van der Waals surface area contributed by atoms with Gasteiger partial charge in [-0.25, -0.2) is 5.43 Å². The van der Waals surface area contributed by atoms with Crippen LogP contribution < -0.4 is 10.7 Å². The number of pyridine rings is 1. The van der Waals surface area contributed by atoms with Crippen molar-refractivity contribution in [3.63, 3.8) is 0 Å². The second-order valence-electron chi connectivity index (χ2n) is 19.3. The lowest BCUT2D eigenvalue weighted by Gasteiger charge is -2.34. The zero-order valence-electron chi connectivity index (χ0n) is 41.9. The molecule has 3 heterocycles. The van der Waals surface area contributed by atoms with E-state index in [0.717, 1.165) is 75.8 Å². The summed E-state index contributed by atoms with van der Waals surface area (Å²) in [5, 5.41) is 5.79. The maximum Gasteiger partial charge on any atom is 0.298 e. The Kier molecular flexibility index (Phi) is 19.3. The fraction of sp³-hybridized carbons (Fsp3) is 0.519. The molecule has 1 aliphatic rings. The van der Waals surface area contributed by atoms with E-state index in [2.05, 4.69) is 91.2 Å². The molecule has 4 atom stereocenters. The average Bonchev–Trinajstić information content (AvgIpc) is 3.64. The van der Waals surface area contributed by atoms with Gasteiger partial charge in [-0.2, -0.15) is 0 Å². The molecular formula is C54H73N7O7. The minimum absolute atomic E-state index is 0.166. The quantitative estimate of drug-likeness (QED) is 0.0541. The number of hydrogen-bond donors (Lipinski definition) is 2. The fourth-order valence-electron chi connectivity index (χ4n) is 9.22. The molecule has 1 aliphatic heterocycles. The Bertz CT molecular complexity index is 2430. The maximum atomic E-state index is 14.4. The van der Waals surface area contributed by atoms with E-state index in [1.165, 1.54) is 0 Å². The zero-order chi connectivity index (χ0) is 49.5. The van der Waals surface area contributed by atoms with Crippen molar-refractivity contribution in [2.75, 3.05) is 46.9 Å². The Hall–Kier alpha value is -6.04. The molecule has 2 aromatic heterocycles. The zero-order valence-corrected chi connectivity index (χ0v) is 41.9. The SMILES string of the molecule is CC#CC(=O)N(C)CCC(C)CCN(C=O)C(C(=O)NC(Cc1cccc(-c2ccc3c(c2)c(CC(C)(C)COC=O)c(-c2cccnc2C(C)OC)n3CC)c1)C(=O)N1CCCCN1)C(C)C. The number of carbonyl (C=O) groups excluding carboxylic acids is 5. The van der Waals surface area contributed by atoms with Crippen LogP contribution in [0.25, 0.3) is 33.3 Å². The number of aromatic nitrogens is 2. The second kappa shape index (κ2) is 24.8. The summed E-state index contributed by atoms with van der Waals surface area (Å²) in [6, 6.07) is 16.9. The van der Waals surface area contributed by atoms with Crippen LogP contribution in [0, 0.1) is 29.1 Å². The Balaban J connectivity index is 1.48. The van der Waals surface area contributed by atoms with Crippen LogP contribution in [0.1, 0.15) is 104 Å². The van der Waals surface area contributed by atoms with Gasteiger partial charge < -0.3 is 29.2 Å². The minimum atomic E-state index is -0.912. The molecule has 4 amide bonds. The van der Waals surface area contributed by atoms with Crippen LogP contribution in [-0.2, 0) is 52.8 Å². The van der Waals surface area contributed by atoms with Crippen LogP contribution in [0.2, 0.25) is 0 Å². The fourth-order valence-corrected chi connectivity index (χ4v) is 9.22. The number of carbonyl (C=O) groups is 5. The van der Waals surface area contributed by atoms with Gasteiger partial charge in [0.25, 0.3) is 18.3 Å². The smallest absolute Gasteiger partial charge is 0.298 e. The van der Waals surface area contributed by atoms with Crippen molar-refractivity contribution in [2.45, 2.75) is 119 Å². The van der Waals surface area contributed by atoms with Crippen LogP contribution in [0.15, 0.2) is 60.8 Å². The highest BCUT2D eigenvalue weighted by atomic mass is 16.5. The Morgan fingerprint density at radius 1 is 1.00 bits per heavy atom. The first-order valence-corrected chi connectivity index (χ1v) is 24.1. The summed E-state index contributed by atoms with van der Waals surface area (Å²) in [5.74, 6) is 4.28. The number of amides is 4.